The number of carbonyl (C=O) groups is 3. The monoisotopic (exact) mass is 396 g/mol. The van der Waals surface area contributed by atoms with Crippen LogP contribution in [0.15, 0.2) is 0 Å². The second kappa shape index (κ2) is 9.83. The summed E-state index contributed by atoms with van der Waals surface area (Å²) in [6.07, 6.45) is 4.03. The minimum Gasteiger partial charge on any atom is -0.392 e. The molecule has 2 fully saturated rings. The second-order valence-electron chi connectivity index (χ2n) is 8.41. The van der Waals surface area contributed by atoms with Gasteiger partial charge in [0.1, 0.15) is 0 Å². The highest BCUT2D eigenvalue weighted by molar-refractivity contribution is 6.05. The smallest absolute Gasteiger partial charge is 0.334 e. The number of imide groups is 2. The molecule has 1 aliphatic carbocycles. The van der Waals surface area contributed by atoms with Crippen molar-refractivity contribution in [2.24, 2.45) is 11.8 Å². The van der Waals surface area contributed by atoms with Gasteiger partial charge in [-0.1, -0.05) is 53.4 Å². The van der Waals surface area contributed by atoms with Crippen LogP contribution in [-0.4, -0.2) is 62.1 Å². The Hall–Kier alpha value is -1.47. The van der Waals surface area contributed by atoms with Crippen molar-refractivity contribution < 1.29 is 24.6 Å². The molecule has 0 radical (unpaired) electrons. The molecule has 1 saturated carbocycles. The number of hydrogen-bond acceptors (Lipinski definition) is 5. The lowest BCUT2D eigenvalue weighted by molar-refractivity contribution is -0.137. The Morgan fingerprint density at radius 2 is 1.25 bits per heavy atom. The molecule has 0 unspecified atom stereocenters. The minimum atomic E-state index is -0.803. The van der Waals surface area contributed by atoms with Crippen LogP contribution in [-0.2, 0) is 9.59 Å². The Labute approximate surface area is 168 Å². The van der Waals surface area contributed by atoms with Gasteiger partial charge in [0.2, 0.25) is 11.8 Å². The predicted octanol–water partition coefficient (Wildman–Crippen LogP) is 2.68. The molecule has 0 spiro atoms. The van der Waals surface area contributed by atoms with Crippen molar-refractivity contribution in [1.29, 1.82) is 0 Å². The molecule has 28 heavy (non-hydrogen) atoms. The average molecular weight is 397 g/mol. The van der Waals surface area contributed by atoms with Crippen molar-refractivity contribution in [3.05, 3.63) is 0 Å². The largest absolute Gasteiger partial charge is 0.392 e. The van der Waals surface area contributed by atoms with Crippen LogP contribution >= 0.6 is 0 Å². The van der Waals surface area contributed by atoms with Crippen LogP contribution in [0.4, 0.5) is 4.79 Å². The van der Waals surface area contributed by atoms with Gasteiger partial charge in [-0.3, -0.25) is 19.4 Å². The van der Waals surface area contributed by atoms with Crippen molar-refractivity contribution in [3.63, 3.8) is 0 Å². The van der Waals surface area contributed by atoms with Crippen LogP contribution in [0.2, 0.25) is 0 Å². The van der Waals surface area contributed by atoms with Gasteiger partial charge in [0.05, 0.1) is 36.1 Å². The van der Waals surface area contributed by atoms with E-state index in [1.54, 1.807) is 13.8 Å². The molecule has 6 atom stereocenters. The molecular formula is C21H36N2O5. The fourth-order valence-electron chi connectivity index (χ4n) is 4.47. The second-order valence-corrected chi connectivity index (χ2v) is 8.41. The van der Waals surface area contributed by atoms with E-state index in [1.807, 2.05) is 13.8 Å². The van der Waals surface area contributed by atoms with Gasteiger partial charge in [0, 0.05) is 0 Å². The van der Waals surface area contributed by atoms with Gasteiger partial charge < -0.3 is 10.2 Å². The number of aliphatic hydroxyl groups is 2. The van der Waals surface area contributed by atoms with E-state index in [0.29, 0.717) is 25.7 Å². The van der Waals surface area contributed by atoms with Gasteiger partial charge >= 0.3 is 6.03 Å². The maximum atomic E-state index is 13.2. The summed E-state index contributed by atoms with van der Waals surface area (Å²) in [4.78, 5) is 41.7. The summed E-state index contributed by atoms with van der Waals surface area (Å²) in [5.41, 5.74) is 0. The number of fused-ring (bicyclic) bond motifs is 1. The molecule has 1 aliphatic heterocycles. The maximum absolute atomic E-state index is 13.2. The highest BCUT2D eigenvalue weighted by Gasteiger charge is 2.53. The summed E-state index contributed by atoms with van der Waals surface area (Å²) in [6.45, 7) is 7.15. The fraction of sp³-hybridized carbons (Fsp3) is 0.857. The molecule has 1 saturated heterocycles. The number of aliphatic hydroxyl groups excluding tert-OH is 2. The van der Waals surface area contributed by atoms with E-state index in [4.69, 9.17) is 0 Å². The van der Waals surface area contributed by atoms with Crippen LogP contribution in [0.1, 0.15) is 79.1 Å². The first-order valence-corrected chi connectivity index (χ1v) is 10.8. The van der Waals surface area contributed by atoms with E-state index in [2.05, 4.69) is 0 Å². The van der Waals surface area contributed by atoms with Crippen LogP contribution in [0, 0.1) is 11.8 Å². The lowest BCUT2D eigenvalue weighted by atomic mass is 9.88. The van der Waals surface area contributed by atoms with Gasteiger partial charge in [-0.15, -0.1) is 0 Å². The summed E-state index contributed by atoms with van der Waals surface area (Å²) in [7, 11) is 0. The van der Waals surface area contributed by atoms with Crippen LogP contribution in [0.25, 0.3) is 0 Å². The van der Waals surface area contributed by atoms with Crippen LogP contribution in [0.3, 0.4) is 0 Å². The predicted molar refractivity (Wildman–Crippen MR) is 105 cm³/mol. The van der Waals surface area contributed by atoms with E-state index in [-0.39, 0.29) is 12.1 Å². The first kappa shape index (κ1) is 22.8. The molecule has 1 heterocycles. The Balaban J connectivity index is 2.26. The third kappa shape index (κ3) is 4.40. The summed E-state index contributed by atoms with van der Waals surface area (Å²) in [6, 6.07) is -1.24. The number of urea groups is 1. The zero-order chi connectivity index (χ0) is 21.0. The minimum absolute atomic E-state index is 0.329. The molecule has 160 valence electrons. The normalized spacial score (nSPS) is 26.6. The molecule has 0 aromatic carbocycles. The zero-order valence-electron chi connectivity index (χ0n) is 17.6. The van der Waals surface area contributed by atoms with Crippen molar-refractivity contribution in [3.8, 4) is 0 Å². The summed E-state index contributed by atoms with van der Waals surface area (Å²) in [5, 5.41) is 20.5. The van der Waals surface area contributed by atoms with Crippen LogP contribution in [0.5, 0.6) is 0 Å². The third-order valence-corrected chi connectivity index (χ3v) is 6.35. The molecule has 0 aromatic rings. The van der Waals surface area contributed by atoms with Crippen molar-refractivity contribution in [2.45, 2.75) is 103 Å². The van der Waals surface area contributed by atoms with Gasteiger partial charge in [-0.2, -0.15) is 0 Å². The number of amides is 4. The Kier molecular flexibility index (Phi) is 8.01. The number of nitrogens with zero attached hydrogens (tertiary/aromatic N) is 2. The highest BCUT2D eigenvalue weighted by atomic mass is 16.3. The maximum Gasteiger partial charge on any atom is 0.334 e. The summed E-state index contributed by atoms with van der Waals surface area (Å²) >= 11 is 0. The van der Waals surface area contributed by atoms with Crippen molar-refractivity contribution in [2.75, 3.05) is 0 Å². The molecular weight excluding hydrogens is 360 g/mol. The standard InChI is InChI=1S/C21H36N2O5/c1-5-9-17(24)13(3)19(26)22-15-11-7-8-12-16(15)23(21(22)28)20(27)14(4)18(25)10-6-2/h13-18,24-25H,5-12H2,1-4H3/t13-,14-,15-,16-,17+,18+/m1/s1. The van der Waals surface area contributed by atoms with Crippen LogP contribution < -0.4 is 0 Å². The van der Waals surface area contributed by atoms with Gasteiger partial charge in [0.15, 0.2) is 0 Å². The van der Waals surface area contributed by atoms with E-state index < -0.39 is 41.9 Å². The van der Waals surface area contributed by atoms with Crippen molar-refractivity contribution in [1.82, 2.24) is 9.80 Å². The van der Waals surface area contributed by atoms with Gasteiger partial charge in [0.25, 0.3) is 0 Å². The Bertz CT molecular complexity index is 533. The lowest BCUT2D eigenvalue weighted by Gasteiger charge is -2.32. The molecule has 7 nitrogen and oxygen atoms in total. The topological polar surface area (TPSA) is 98.2 Å². The van der Waals surface area contributed by atoms with E-state index in [9.17, 15) is 24.6 Å². The number of carbonyl (C=O) groups excluding carboxylic acids is 3. The van der Waals surface area contributed by atoms with E-state index in [1.165, 1.54) is 9.80 Å². The quantitative estimate of drug-likeness (QED) is 0.657. The molecule has 2 N–H and O–H groups in total. The Morgan fingerprint density at radius 3 is 1.57 bits per heavy atom. The van der Waals surface area contributed by atoms with Gasteiger partial charge in [-0.25, -0.2) is 4.79 Å². The molecule has 0 aromatic heterocycles. The van der Waals surface area contributed by atoms with E-state index >= 15 is 0 Å². The molecule has 4 amide bonds. The lowest BCUT2D eigenvalue weighted by Crippen LogP contribution is -2.47. The molecule has 2 aliphatic rings. The van der Waals surface area contributed by atoms with Gasteiger partial charge in [-0.05, 0) is 25.7 Å². The third-order valence-electron chi connectivity index (χ3n) is 6.35. The molecule has 0 bridgehead atoms. The first-order chi connectivity index (χ1) is 13.3. The summed E-state index contributed by atoms with van der Waals surface area (Å²) < 4.78 is 0. The molecule has 2 rings (SSSR count). The Morgan fingerprint density at radius 1 is 0.893 bits per heavy atom. The highest BCUT2D eigenvalue weighted by Crippen LogP contribution is 2.36. The number of hydrogen-bond donors (Lipinski definition) is 2. The zero-order valence-corrected chi connectivity index (χ0v) is 17.6. The van der Waals surface area contributed by atoms with Crippen molar-refractivity contribution >= 4 is 17.8 Å². The fourth-order valence-corrected chi connectivity index (χ4v) is 4.47. The first-order valence-electron chi connectivity index (χ1n) is 10.8. The summed E-state index contributed by atoms with van der Waals surface area (Å²) in [5.74, 6) is -2.19. The molecule has 7 heteroatoms. The average Bonchev–Trinajstić information content (AvgIpc) is 2.97. The SMILES string of the molecule is CCC[C@H](O)[C@@H](C)C(=O)N1C(=O)N(C(=O)[C@H](C)[C@@H](O)CCC)[C@@H]2CCCC[C@H]21. The number of rotatable bonds is 8. The van der Waals surface area contributed by atoms with E-state index in [0.717, 1.165) is 25.7 Å².